The number of carboxylic acids is 1. The van der Waals surface area contributed by atoms with Crippen molar-refractivity contribution in [2.75, 3.05) is 0 Å². The molecule has 0 radical (unpaired) electrons. The third kappa shape index (κ3) is 2.68. The first-order valence-electron chi connectivity index (χ1n) is 4.87. The van der Waals surface area contributed by atoms with Crippen LogP contribution >= 0.6 is 27.5 Å². The average molecular weight is 312 g/mol. The summed E-state index contributed by atoms with van der Waals surface area (Å²) in [4.78, 5) is 10.9. The fraction of sp³-hybridized carbons (Fsp3) is 0. The van der Waals surface area contributed by atoms with Crippen molar-refractivity contribution in [1.29, 1.82) is 0 Å². The van der Waals surface area contributed by atoms with Crippen molar-refractivity contribution in [3.63, 3.8) is 0 Å². The van der Waals surface area contributed by atoms with Crippen LogP contribution in [0.15, 0.2) is 46.9 Å². The van der Waals surface area contributed by atoms with Gasteiger partial charge in [-0.15, -0.1) is 0 Å². The lowest BCUT2D eigenvalue weighted by molar-refractivity contribution is 0.0697. The van der Waals surface area contributed by atoms with Gasteiger partial charge in [0.05, 0.1) is 5.56 Å². The molecular weight excluding hydrogens is 303 g/mol. The molecule has 2 rings (SSSR count). The summed E-state index contributed by atoms with van der Waals surface area (Å²) in [6.07, 6.45) is 0. The molecule has 0 saturated heterocycles. The molecule has 0 aliphatic rings. The molecule has 2 aromatic rings. The summed E-state index contributed by atoms with van der Waals surface area (Å²) >= 11 is 9.45. The number of hydrogen-bond acceptors (Lipinski definition) is 1. The third-order valence-electron chi connectivity index (χ3n) is 2.35. The van der Waals surface area contributed by atoms with E-state index in [1.54, 1.807) is 24.3 Å². The number of carboxylic acid groups (broad SMARTS) is 1. The summed E-state index contributed by atoms with van der Waals surface area (Å²) in [6, 6.07) is 12.2. The zero-order valence-electron chi connectivity index (χ0n) is 8.65. The Morgan fingerprint density at radius 1 is 1.18 bits per heavy atom. The molecule has 2 nitrogen and oxygen atoms in total. The van der Waals surface area contributed by atoms with Crippen molar-refractivity contribution in [3.8, 4) is 11.1 Å². The first-order chi connectivity index (χ1) is 8.08. The van der Waals surface area contributed by atoms with Crippen molar-refractivity contribution in [3.05, 3.63) is 57.5 Å². The Bertz CT molecular complexity index is 581. The van der Waals surface area contributed by atoms with Gasteiger partial charge in [0, 0.05) is 15.1 Å². The number of aromatic carboxylic acids is 1. The fourth-order valence-corrected chi connectivity index (χ4v) is 2.33. The van der Waals surface area contributed by atoms with E-state index in [1.165, 1.54) is 0 Å². The monoisotopic (exact) mass is 310 g/mol. The van der Waals surface area contributed by atoms with Gasteiger partial charge >= 0.3 is 5.97 Å². The van der Waals surface area contributed by atoms with Crippen molar-refractivity contribution in [1.82, 2.24) is 0 Å². The van der Waals surface area contributed by atoms with E-state index in [4.69, 9.17) is 16.7 Å². The van der Waals surface area contributed by atoms with E-state index >= 15 is 0 Å². The van der Waals surface area contributed by atoms with Crippen LogP contribution in [-0.2, 0) is 0 Å². The van der Waals surface area contributed by atoms with Gasteiger partial charge in [-0.1, -0.05) is 45.7 Å². The van der Waals surface area contributed by atoms with Crippen LogP contribution in [0.2, 0.25) is 5.02 Å². The van der Waals surface area contributed by atoms with E-state index in [2.05, 4.69) is 15.9 Å². The fourth-order valence-electron chi connectivity index (χ4n) is 1.54. The van der Waals surface area contributed by atoms with Gasteiger partial charge in [0.2, 0.25) is 0 Å². The van der Waals surface area contributed by atoms with Crippen LogP contribution in [0.3, 0.4) is 0 Å². The molecule has 86 valence electrons. The number of rotatable bonds is 2. The van der Waals surface area contributed by atoms with Crippen LogP contribution in [0.4, 0.5) is 0 Å². The highest BCUT2D eigenvalue weighted by Gasteiger charge is 2.07. The van der Waals surface area contributed by atoms with Gasteiger partial charge in [0.15, 0.2) is 0 Å². The van der Waals surface area contributed by atoms with Crippen molar-refractivity contribution >= 4 is 33.5 Å². The Hall–Kier alpha value is -1.32. The van der Waals surface area contributed by atoms with E-state index in [0.29, 0.717) is 5.02 Å². The maximum absolute atomic E-state index is 10.9. The Balaban J connectivity index is 2.53. The summed E-state index contributed by atoms with van der Waals surface area (Å²) in [5, 5.41) is 9.51. The van der Waals surface area contributed by atoms with Crippen molar-refractivity contribution in [2.24, 2.45) is 0 Å². The molecule has 0 amide bonds. The molecule has 2 aromatic carbocycles. The maximum Gasteiger partial charge on any atom is 0.335 e. The van der Waals surface area contributed by atoms with Gasteiger partial charge in [0.25, 0.3) is 0 Å². The van der Waals surface area contributed by atoms with Crippen LogP contribution in [0.25, 0.3) is 11.1 Å². The van der Waals surface area contributed by atoms with Crippen LogP contribution in [0.5, 0.6) is 0 Å². The molecule has 0 spiro atoms. The van der Waals surface area contributed by atoms with Gasteiger partial charge in [-0.05, 0) is 29.8 Å². The molecule has 4 heteroatoms. The second-order valence-electron chi connectivity index (χ2n) is 3.51. The lowest BCUT2D eigenvalue weighted by Crippen LogP contribution is -1.95. The summed E-state index contributed by atoms with van der Waals surface area (Å²) in [5.74, 6) is -0.944. The Morgan fingerprint density at radius 2 is 1.94 bits per heavy atom. The topological polar surface area (TPSA) is 37.3 Å². The number of benzene rings is 2. The number of halogens is 2. The molecule has 0 bridgehead atoms. The number of carbonyl (C=O) groups is 1. The molecule has 17 heavy (non-hydrogen) atoms. The first-order valence-corrected chi connectivity index (χ1v) is 6.04. The van der Waals surface area contributed by atoms with Gasteiger partial charge in [-0.3, -0.25) is 0 Å². The normalized spacial score (nSPS) is 10.2. The second-order valence-corrected chi connectivity index (χ2v) is 4.83. The molecule has 0 aliphatic carbocycles. The van der Waals surface area contributed by atoms with Crippen LogP contribution in [0.1, 0.15) is 10.4 Å². The number of hydrogen-bond donors (Lipinski definition) is 1. The summed E-state index contributed by atoms with van der Waals surface area (Å²) in [5.41, 5.74) is 1.86. The molecule has 0 fully saturated rings. The Labute approximate surface area is 112 Å². The molecule has 0 heterocycles. The zero-order chi connectivity index (χ0) is 12.4. The highest BCUT2D eigenvalue weighted by molar-refractivity contribution is 9.10. The van der Waals surface area contributed by atoms with E-state index in [-0.39, 0.29) is 5.56 Å². The van der Waals surface area contributed by atoms with E-state index in [0.717, 1.165) is 15.6 Å². The van der Waals surface area contributed by atoms with Crippen LogP contribution in [-0.4, -0.2) is 11.1 Å². The highest BCUT2D eigenvalue weighted by Crippen LogP contribution is 2.30. The molecule has 0 aromatic heterocycles. The standard InChI is InChI=1S/C13H8BrClO2/c14-10-4-5-11(12(15)7-10)8-2-1-3-9(6-8)13(16)17/h1-7H,(H,16,17). The van der Waals surface area contributed by atoms with Crippen LogP contribution in [0, 0.1) is 0 Å². The van der Waals surface area contributed by atoms with Gasteiger partial charge < -0.3 is 5.11 Å². The highest BCUT2D eigenvalue weighted by atomic mass is 79.9. The minimum absolute atomic E-state index is 0.251. The van der Waals surface area contributed by atoms with Gasteiger partial charge in [-0.2, -0.15) is 0 Å². The minimum Gasteiger partial charge on any atom is -0.478 e. The van der Waals surface area contributed by atoms with E-state index < -0.39 is 5.97 Å². The molecule has 0 aliphatic heterocycles. The first kappa shape index (κ1) is 12.1. The summed E-state index contributed by atoms with van der Waals surface area (Å²) < 4.78 is 0.889. The SMILES string of the molecule is O=C(O)c1cccc(-c2ccc(Br)cc2Cl)c1. The summed E-state index contributed by atoms with van der Waals surface area (Å²) in [6.45, 7) is 0. The predicted molar refractivity (Wildman–Crippen MR) is 71.5 cm³/mol. The lowest BCUT2D eigenvalue weighted by atomic mass is 10.0. The molecule has 0 unspecified atom stereocenters. The molecule has 1 N–H and O–H groups in total. The zero-order valence-corrected chi connectivity index (χ0v) is 11.0. The smallest absolute Gasteiger partial charge is 0.335 e. The maximum atomic E-state index is 10.9. The average Bonchev–Trinajstić information content (AvgIpc) is 2.29. The molecule has 0 atom stereocenters. The van der Waals surface area contributed by atoms with Gasteiger partial charge in [0.1, 0.15) is 0 Å². The largest absolute Gasteiger partial charge is 0.478 e. The Kier molecular flexibility index (Phi) is 3.50. The minimum atomic E-state index is -0.944. The van der Waals surface area contributed by atoms with Crippen LogP contribution < -0.4 is 0 Å². The Morgan fingerprint density at radius 3 is 2.59 bits per heavy atom. The van der Waals surface area contributed by atoms with E-state index in [9.17, 15) is 4.79 Å². The lowest BCUT2D eigenvalue weighted by Gasteiger charge is -2.06. The van der Waals surface area contributed by atoms with E-state index in [1.807, 2.05) is 18.2 Å². The van der Waals surface area contributed by atoms with Gasteiger partial charge in [-0.25, -0.2) is 4.79 Å². The molecule has 0 saturated carbocycles. The summed E-state index contributed by atoms with van der Waals surface area (Å²) in [7, 11) is 0. The molecular formula is C13H8BrClO2. The third-order valence-corrected chi connectivity index (χ3v) is 3.16. The predicted octanol–water partition coefficient (Wildman–Crippen LogP) is 4.47. The quantitative estimate of drug-likeness (QED) is 0.888. The van der Waals surface area contributed by atoms with Crippen molar-refractivity contribution in [2.45, 2.75) is 0 Å². The second kappa shape index (κ2) is 4.90. The van der Waals surface area contributed by atoms with Crippen molar-refractivity contribution < 1.29 is 9.90 Å².